The molecule has 0 aromatic rings. The van der Waals surface area contributed by atoms with Gasteiger partial charge in [0, 0.05) is 19.3 Å². The maximum atomic E-state index is 10.9. The summed E-state index contributed by atoms with van der Waals surface area (Å²) in [6, 6.07) is -1.10. The number of esters is 2. The van der Waals surface area contributed by atoms with E-state index in [4.69, 9.17) is 11.5 Å². The molecule has 2 atom stereocenters. The summed E-state index contributed by atoms with van der Waals surface area (Å²) in [6.45, 7) is 2.81. The number of amides is 2. The molecule has 0 saturated heterocycles. The van der Waals surface area contributed by atoms with Gasteiger partial charge in [-0.05, 0) is 20.3 Å². The van der Waals surface area contributed by atoms with Crippen LogP contribution in [0.15, 0.2) is 0 Å². The molecule has 8 N–H and O–H groups in total. The number of rotatable bonds is 12. The molecule has 0 radical (unpaired) electrons. The van der Waals surface area contributed by atoms with E-state index in [1.807, 2.05) is 0 Å². The van der Waals surface area contributed by atoms with Crippen LogP contribution in [0, 0.1) is 0 Å². The predicted octanol–water partition coefficient (Wildman–Crippen LogP) is -5.02. The smallest absolute Gasteiger partial charge is 0.319 e. The van der Waals surface area contributed by atoms with Crippen LogP contribution in [0.2, 0.25) is 0 Å². The van der Waals surface area contributed by atoms with Crippen LogP contribution in [0.25, 0.3) is 0 Å². The summed E-state index contributed by atoms with van der Waals surface area (Å²) in [7, 11) is 2.60. The van der Waals surface area contributed by atoms with Crippen LogP contribution >= 0.6 is 15.9 Å². The summed E-state index contributed by atoms with van der Waals surface area (Å²) in [5.41, 5.74) is 13.5. The molecule has 0 heterocycles. The zero-order chi connectivity index (χ0) is 25.0. The number of primary amides is 2. The first kappa shape index (κ1) is 37.2. The van der Waals surface area contributed by atoms with Crippen molar-refractivity contribution in [2.75, 3.05) is 26.1 Å². The Bertz CT molecular complexity index is 602. The van der Waals surface area contributed by atoms with E-state index in [-0.39, 0.29) is 48.2 Å². The van der Waals surface area contributed by atoms with E-state index < -0.39 is 29.9 Å². The normalized spacial score (nSPS) is 10.9. The lowest BCUT2D eigenvalue weighted by molar-refractivity contribution is -0.404. The summed E-state index contributed by atoms with van der Waals surface area (Å²) >= 11 is 2.90. The highest BCUT2D eigenvalue weighted by Gasteiger charge is 2.16. The number of carbonyl (C=O) groups excluding carboxylic acids is 6. The Labute approximate surface area is 202 Å². The molecule has 0 saturated carbocycles. The average molecular weight is 550 g/mol. The summed E-state index contributed by atoms with van der Waals surface area (Å²) < 4.78 is 8.60. The highest BCUT2D eigenvalue weighted by molar-refractivity contribution is 9.09. The molecule has 0 aromatic heterocycles. The van der Waals surface area contributed by atoms with Crippen molar-refractivity contribution in [3.05, 3.63) is 0 Å². The van der Waals surface area contributed by atoms with Gasteiger partial charge < -0.3 is 48.7 Å². The van der Waals surface area contributed by atoms with Crippen LogP contribution < -0.4 is 34.9 Å². The number of carbonyl (C=O) groups is 6. The Balaban J connectivity index is -0.000000199. The van der Waals surface area contributed by atoms with E-state index in [9.17, 15) is 28.8 Å². The fourth-order valence-electron chi connectivity index (χ4n) is 1.55. The molecular weight excluding hydrogens is 516 g/mol. The van der Waals surface area contributed by atoms with Gasteiger partial charge >= 0.3 is 11.9 Å². The molecule has 0 aliphatic rings. The number of ketones is 2. The molecule has 188 valence electrons. The van der Waals surface area contributed by atoms with E-state index in [1.165, 1.54) is 28.1 Å². The quantitative estimate of drug-likeness (QED) is 0.135. The third-order valence-electron chi connectivity index (χ3n) is 3.43. The van der Waals surface area contributed by atoms with Crippen molar-refractivity contribution in [1.29, 1.82) is 0 Å². The first-order valence-electron chi connectivity index (χ1n) is 9.15. The van der Waals surface area contributed by atoms with Gasteiger partial charge in [-0.2, -0.15) is 0 Å². The standard InChI is InChI=1S/C9H16N2O4.C6H12N2O2.C3H5BrO2.ClH/c1-6(12)3-4-7(9(10)14)11-5-8(13)15-2;1-4(9)2-3-5(7)6(8)10;1-6-3(5)2-4;/h7,11H,3-5H2,1-2H3,(H2,10,14);5H,2-3,7H2,1H3,(H2,8,10);2H2,1H3;1H/t7-;5-;;/m00../s1. The number of alkyl halides is 1. The summed E-state index contributed by atoms with van der Waals surface area (Å²) in [6.07, 6.45) is 1.39. The van der Waals surface area contributed by atoms with Gasteiger partial charge in [0.25, 0.3) is 5.91 Å². The lowest BCUT2D eigenvalue weighted by Crippen LogP contribution is -3.00. The molecule has 0 unspecified atom stereocenters. The zero-order valence-electron chi connectivity index (χ0n) is 18.8. The minimum atomic E-state index is -0.673. The first-order chi connectivity index (χ1) is 14.3. The molecule has 2 amide bonds. The Morgan fingerprint density at radius 3 is 1.59 bits per heavy atom. The number of methoxy groups -OCH3 is 2. The van der Waals surface area contributed by atoms with Crippen LogP contribution in [-0.2, 0) is 38.2 Å². The van der Waals surface area contributed by atoms with E-state index in [0.29, 0.717) is 19.3 Å². The van der Waals surface area contributed by atoms with Gasteiger partial charge in [0.1, 0.15) is 16.9 Å². The number of halogens is 2. The minimum Gasteiger partial charge on any atom is -1.00 e. The summed E-state index contributed by atoms with van der Waals surface area (Å²) in [4.78, 5) is 63.0. The van der Waals surface area contributed by atoms with E-state index in [0.717, 1.165) is 0 Å². The molecule has 0 rings (SSSR count). The number of quaternary nitrogens is 1. The fraction of sp³-hybridized carbons (Fsp3) is 0.667. The maximum Gasteiger partial charge on any atom is 0.319 e. The number of nitrogens with two attached hydrogens (primary N) is 2. The van der Waals surface area contributed by atoms with Gasteiger partial charge in [-0.3, -0.25) is 24.5 Å². The van der Waals surface area contributed by atoms with Gasteiger partial charge in [-0.1, -0.05) is 15.9 Å². The average Bonchev–Trinajstić information content (AvgIpc) is 2.71. The number of nitrogens with one attached hydrogen (secondary N) is 1. The topological polar surface area (TPSA) is 213 Å². The summed E-state index contributed by atoms with van der Waals surface area (Å²) in [5, 5.41) is 2.91. The second-order valence-electron chi connectivity index (χ2n) is 6.20. The van der Waals surface area contributed by atoms with Crippen molar-refractivity contribution in [2.45, 2.75) is 51.6 Å². The fourth-order valence-corrected chi connectivity index (χ4v) is 1.77. The Kier molecular flexibility index (Phi) is 27.4. The summed E-state index contributed by atoms with van der Waals surface area (Å²) in [5.74, 6) is -1.71. The third kappa shape index (κ3) is 27.9. The molecule has 0 bridgehead atoms. The Morgan fingerprint density at radius 2 is 1.31 bits per heavy atom. The third-order valence-corrected chi connectivity index (χ3v) is 3.89. The van der Waals surface area contributed by atoms with Crippen molar-refractivity contribution >= 4 is 51.2 Å². The first-order valence-corrected chi connectivity index (χ1v) is 10.3. The SMILES string of the molecule is CC(=O)CC[C@H]([NH3+])C(N)=O.COC(=O)CBr.COC(=O)CN[C@@H](CCC(C)=O)C(N)=O.[Cl-]. The lowest BCUT2D eigenvalue weighted by atomic mass is 10.1. The van der Waals surface area contributed by atoms with E-state index in [1.54, 1.807) is 0 Å². The number of hydrogen-bond acceptors (Lipinski definition) is 9. The predicted molar refractivity (Wildman–Crippen MR) is 115 cm³/mol. The lowest BCUT2D eigenvalue weighted by Gasteiger charge is -2.13. The van der Waals surface area contributed by atoms with Crippen molar-refractivity contribution in [2.24, 2.45) is 11.5 Å². The molecule has 0 spiro atoms. The van der Waals surface area contributed by atoms with Gasteiger partial charge in [0.05, 0.1) is 26.8 Å². The highest BCUT2D eigenvalue weighted by atomic mass is 79.9. The van der Waals surface area contributed by atoms with Crippen molar-refractivity contribution in [3.63, 3.8) is 0 Å². The monoisotopic (exact) mass is 548 g/mol. The second-order valence-corrected chi connectivity index (χ2v) is 6.76. The number of Topliss-reactive ketones (excluding diaryl/α,β-unsaturated/α-hetero) is 2. The van der Waals surface area contributed by atoms with Crippen molar-refractivity contribution in [3.8, 4) is 0 Å². The molecule has 0 aliphatic carbocycles. The van der Waals surface area contributed by atoms with Crippen LogP contribution in [-0.4, -0.2) is 73.5 Å². The van der Waals surface area contributed by atoms with Gasteiger partial charge in [0.2, 0.25) is 5.91 Å². The molecule has 0 fully saturated rings. The minimum absolute atomic E-state index is 0. The van der Waals surface area contributed by atoms with Crippen molar-refractivity contribution < 1.29 is 56.4 Å². The molecular formula is C18H34BrClN4O8. The second kappa shape index (κ2) is 23.6. The van der Waals surface area contributed by atoms with Crippen LogP contribution in [0.3, 0.4) is 0 Å². The van der Waals surface area contributed by atoms with Gasteiger partial charge in [-0.15, -0.1) is 0 Å². The van der Waals surface area contributed by atoms with Crippen molar-refractivity contribution in [1.82, 2.24) is 5.32 Å². The molecule has 0 aromatic carbocycles. The number of ether oxygens (including phenoxy) is 2. The van der Waals surface area contributed by atoms with E-state index >= 15 is 0 Å². The van der Waals surface area contributed by atoms with Crippen LogP contribution in [0.5, 0.6) is 0 Å². The maximum absolute atomic E-state index is 10.9. The molecule has 0 aliphatic heterocycles. The van der Waals surface area contributed by atoms with Gasteiger partial charge in [-0.25, -0.2) is 0 Å². The Morgan fingerprint density at radius 1 is 0.875 bits per heavy atom. The van der Waals surface area contributed by atoms with Gasteiger partial charge in [0.15, 0.2) is 6.04 Å². The number of hydrogen-bond donors (Lipinski definition) is 4. The van der Waals surface area contributed by atoms with Crippen LogP contribution in [0.1, 0.15) is 39.5 Å². The molecule has 32 heavy (non-hydrogen) atoms. The molecule has 12 nitrogen and oxygen atoms in total. The largest absolute Gasteiger partial charge is 1.00 e. The van der Waals surface area contributed by atoms with Crippen LogP contribution in [0.4, 0.5) is 0 Å². The van der Waals surface area contributed by atoms with E-state index in [2.05, 4.69) is 36.5 Å². The Hall–Kier alpha value is -2.09. The zero-order valence-corrected chi connectivity index (χ0v) is 21.1. The molecule has 14 heteroatoms. The highest BCUT2D eigenvalue weighted by Crippen LogP contribution is 1.97.